The van der Waals surface area contributed by atoms with Crippen LogP contribution in [0.1, 0.15) is 15.9 Å². The third kappa shape index (κ3) is 2.78. The summed E-state index contributed by atoms with van der Waals surface area (Å²) in [7, 11) is 0. The first kappa shape index (κ1) is 13.7. The SMILES string of the molecule is O=C(Cc1cc(F)ccc1Cl)c1cccc2ncccc12. The van der Waals surface area contributed by atoms with Crippen LogP contribution in [-0.2, 0) is 6.42 Å². The van der Waals surface area contributed by atoms with Crippen LogP contribution >= 0.6 is 11.6 Å². The fourth-order valence-corrected chi connectivity index (χ4v) is 2.48. The Morgan fingerprint density at radius 3 is 2.86 bits per heavy atom. The van der Waals surface area contributed by atoms with Gasteiger partial charge in [0.1, 0.15) is 5.82 Å². The number of hydrogen-bond donors (Lipinski definition) is 0. The molecule has 0 atom stereocenters. The Morgan fingerprint density at radius 2 is 2.00 bits per heavy atom. The number of nitrogens with zero attached hydrogens (tertiary/aromatic N) is 1. The summed E-state index contributed by atoms with van der Waals surface area (Å²) in [4.78, 5) is 16.7. The third-order valence-corrected chi connectivity index (χ3v) is 3.67. The van der Waals surface area contributed by atoms with Gasteiger partial charge in [-0.2, -0.15) is 0 Å². The summed E-state index contributed by atoms with van der Waals surface area (Å²) < 4.78 is 13.3. The van der Waals surface area contributed by atoms with Crippen molar-refractivity contribution in [3.8, 4) is 0 Å². The van der Waals surface area contributed by atoms with Crippen LogP contribution in [-0.4, -0.2) is 10.8 Å². The maximum atomic E-state index is 13.3. The van der Waals surface area contributed by atoms with Crippen LogP contribution < -0.4 is 0 Å². The number of carbonyl (C=O) groups excluding carboxylic acids is 1. The molecule has 0 saturated carbocycles. The van der Waals surface area contributed by atoms with Crippen molar-refractivity contribution in [2.45, 2.75) is 6.42 Å². The van der Waals surface area contributed by atoms with Crippen LogP contribution in [0.2, 0.25) is 5.02 Å². The van der Waals surface area contributed by atoms with Gasteiger partial charge < -0.3 is 0 Å². The minimum atomic E-state index is -0.401. The molecule has 1 heterocycles. The van der Waals surface area contributed by atoms with E-state index in [0.717, 1.165) is 10.9 Å². The van der Waals surface area contributed by atoms with Crippen molar-refractivity contribution in [2.75, 3.05) is 0 Å². The molecule has 4 heteroatoms. The molecule has 0 fully saturated rings. The van der Waals surface area contributed by atoms with Gasteiger partial charge in [0.25, 0.3) is 0 Å². The predicted molar refractivity (Wildman–Crippen MR) is 81.2 cm³/mol. The highest BCUT2D eigenvalue weighted by molar-refractivity contribution is 6.31. The molecule has 0 aliphatic carbocycles. The molecule has 0 amide bonds. The Kier molecular flexibility index (Phi) is 3.67. The number of carbonyl (C=O) groups is 1. The van der Waals surface area contributed by atoms with E-state index in [-0.39, 0.29) is 12.2 Å². The Balaban J connectivity index is 1.99. The quantitative estimate of drug-likeness (QED) is 0.669. The van der Waals surface area contributed by atoms with Gasteiger partial charge in [0.15, 0.2) is 5.78 Å². The molecule has 1 aromatic heterocycles. The zero-order valence-electron chi connectivity index (χ0n) is 11.0. The molecular weight excluding hydrogens is 289 g/mol. The fraction of sp³-hybridized carbons (Fsp3) is 0.0588. The predicted octanol–water partition coefficient (Wildman–Crippen LogP) is 4.45. The monoisotopic (exact) mass is 299 g/mol. The number of fused-ring (bicyclic) bond motifs is 1. The van der Waals surface area contributed by atoms with Gasteiger partial charge in [0.2, 0.25) is 0 Å². The molecule has 3 aromatic rings. The lowest BCUT2D eigenvalue weighted by atomic mass is 9.99. The number of ketones is 1. The lowest BCUT2D eigenvalue weighted by molar-refractivity contribution is 0.0994. The molecule has 0 spiro atoms. The third-order valence-electron chi connectivity index (χ3n) is 3.30. The van der Waals surface area contributed by atoms with Gasteiger partial charge in [-0.1, -0.05) is 29.8 Å². The fourth-order valence-electron chi connectivity index (χ4n) is 2.29. The van der Waals surface area contributed by atoms with Crippen LogP contribution in [0.25, 0.3) is 10.9 Å². The van der Waals surface area contributed by atoms with E-state index in [1.54, 1.807) is 24.4 Å². The second-order valence-electron chi connectivity index (χ2n) is 4.71. The van der Waals surface area contributed by atoms with E-state index in [0.29, 0.717) is 16.1 Å². The number of halogens is 2. The van der Waals surface area contributed by atoms with Crippen LogP contribution in [0.4, 0.5) is 4.39 Å². The van der Waals surface area contributed by atoms with E-state index >= 15 is 0 Å². The number of hydrogen-bond acceptors (Lipinski definition) is 2. The molecule has 2 nitrogen and oxygen atoms in total. The Hall–Kier alpha value is -2.26. The molecule has 0 aliphatic rings. The largest absolute Gasteiger partial charge is 0.294 e. The first-order valence-electron chi connectivity index (χ1n) is 6.46. The van der Waals surface area contributed by atoms with E-state index in [1.807, 2.05) is 12.1 Å². The second-order valence-corrected chi connectivity index (χ2v) is 5.12. The van der Waals surface area contributed by atoms with Crippen molar-refractivity contribution in [1.82, 2.24) is 4.98 Å². The van der Waals surface area contributed by atoms with Crippen LogP contribution in [0.3, 0.4) is 0 Å². The van der Waals surface area contributed by atoms with Crippen LogP contribution in [0.5, 0.6) is 0 Å². The van der Waals surface area contributed by atoms with Crippen LogP contribution in [0.15, 0.2) is 54.7 Å². The maximum Gasteiger partial charge on any atom is 0.167 e. The molecule has 104 valence electrons. The minimum absolute atomic E-state index is 0.0601. The molecule has 0 unspecified atom stereocenters. The van der Waals surface area contributed by atoms with E-state index in [2.05, 4.69) is 4.98 Å². The Labute approximate surface area is 126 Å². The summed E-state index contributed by atoms with van der Waals surface area (Å²) in [6.07, 6.45) is 1.74. The average Bonchev–Trinajstić information content (AvgIpc) is 2.50. The summed E-state index contributed by atoms with van der Waals surface area (Å²) in [6, 6.07) is 13.1. The average molecular weight is 300 g/mol. The zero-order chi connectivity index (χ0) is 14.8. The van der Waals surface area contributed by atoms with Gasteiger partial charge in [-0.15, -0.1) is 0 Å². The number of rotatable bonds is 3. The van der Waals surface area contributed by atoms with E-state index < -0.39 is 5.82 Å². The van der Waals surface area contributed by atoms with E-state index in [4.69, 9.17) is 11.6 Å². The van der Waals surface area contributed by atoms with Gasteiger partial charge in [0, 0.05) is 28.6 Å². The summed E-state index contributed by atoms with van der Waals surface area (Å²) in [6.45, 7) is 0. The molecule has 0 radical (unpaired) electrons. The normalized spacial score (nSPS) is 10.8. The minimum Gasteiger partial charge on any atom is -0.294 e. The van der Waals surface area contributed by atoms with Crippen molar-refractivity contribution in [2.24, 2.45) is 0 Å². The van der Waals surface area contributed by atoms with Gasteiger partial charge in [-0.25, -0.2) is 4.39 Å². The maximum absolute atomic E-state index is 13.3. The van der Waals surface area contributed by atoms with Gasteiger partial charge >= 0.3 is 0 Å². The first-order chi connectivity index (χ1) is 10.1. The lowest BCUT2D eigenvalue weighted by Gasteiger charge is -2.07. The number of Topliss-reactive ketones (excluding diaryl/α,β-unsaturated/α-hetero) is 1. The highest BCUT2D eigenvalue weighted by Crippen LogP contribution is 2.22. The van der Waals surface area contributed by atoms with Crippen molar-refractivity contribution >= 4 is 28.3 Å². The van der Waals surface area contributed by atoms with Gasteiger partial charge in [-0.3, -0.25) is 9.78 Å². The zero-order valence-corrected chi connectivity index (χ0v) is 11.8. The highest BCUT2D eigenvalue weighted by atomic mass is 35.5. The van der Waals surface area contributed by atoms with Crippen LogP contribution in [0, 0.1) is 5.82 Å². The first-order valence-corrected chi connectivity index (χ1v) is 6.84. The van der Waals surface area contributed by atoms with Gasteiger partial charge in [0.05, 0.1) is 5.52 Å². The summed E-state index contributed by atoms with van der Waals surface area (Å²) in [5.41, 5.74) is 1.82. The van der Waals surface area contributed by atoms with Crippen molar-refractivity contribution < 1.29 is 9.18 Å². The standard InChI is InChI=1S/C17H11ClFNO/c18-15-7-6-12(19)9-11(15)10-17(21)14-3-1-5-16-13(14)4-2-8-20-16/h1-9H,10H2. The number of aromatic nitrogens is 1. The van der Waals surface area contributed by atoms with Gasteiger partial charge in [-0.05, 0) is 35.9 Å². The van der Waals surface area contributed by atoms with E-state index in [1.165, 1.54) is 18.2 Å². The molecule has 0 bridgehead atoms. The topological polar surface area (TPSA) is 30.0 Å². The molecule has 2 aromatic carbocycles. The van der Waals surface area contributed by atoms with Crippen molar-refractivity contribution in [3.05, 3.63) is 76.7 Å². The Bertz CT molecular complexity index is 827. The highest BCUT2D eigenvalue weighted by Gasteiger charge is 2.13. The molecule has 0 saturated heterocycles. The van der Waals surface area contributed by atoms with Crippen molar-refractivity contribution in [1.29, 1.82) is 0 Å². The molecule has 3 rings (SSSR count). The summed E-state index contributed by atoms with van der Waals surface area (Å²) in [5.74, 6) is -0.511. The number of pyridine rings is 1. The number of benzene rings is 2. The molecule has 0 N–H and O–H groups in total. The summed E-state index contributed by atoms with van der Waals surface area (Å²) in [5, 5.41) is 1.18. The molecular formula is C17H11ClFNO. The Morgan fingerprint density at radius 1 is 1.14 bits per heavy atom. The second kappa shape index (κ2) is 5.62. The molecule has 0 aliphatic heterocycles. The molecule has 21 heavy (non-hydrogen) atoms. The smallest absolute Gasteiger partial charge is 0.167 e. The van der Waals surface area contributed by atoms with E-state index in [9.17, 15) is 9.18 Å². The van der Waals surface area contributed by atoms with Crippen molar-refractivity contribution in [3.63, 3.8) is 0 Å². The summed E-state index contributed by atoms with van der Waals surface area (Å²) >= 11 is 6.01. The lowest BCUT2D eigenvalue weighted by Crippen LogP contribution is -2.05.